The van der Waals surface area contributed by atoms with Gasteiger partial charge in [-0.25, -0.2) is 0 Å². The molecule has 0 heterocycles. The summed E-state index contributed by atoms with van der Waals surface area (Å²) < 4.78 is 0. The second-order valence-corrected chi connectivity index (χ2v) is 4.91. The lowest BCUT2D eigenvalue weighted by atomic mass is 10.0. The topological polar surface area (TPSA) is 55.7 Å². The number of hydrogen-bond donors (Lipinski definition) is 3. The predicted molar refractivity (Wildman–Crippen MR) is 78.5 cm³/mol. The van der Waals surface area contributed by atoms with E-state index in [-0.39, 0.29) is 19.3 Å². The molecule has 3 N–H and O–H groups in total. The van der Waals surface area contributed by atoms with E-state index < -0.39 is 0 Å². The lowest BCUT2D eigenvalue weighted by molar-refractivity contribution is 0.156. The normalized spacial score (nSPS) is 12.9. The maximum atomic E-state index is 8.98. The van der Waals surface area contributed by atoms with Crippen LogP contribution in [0.3, 0.4) is 0 Å². The molecule has 1 aromatic carbocycles. The molecule has 5 heteroatoms. The molecule has 0 saturated heterocycles. The van der Waals surface area contributed by atoms with E-state index in [9.17, 15) is 0 Å². The van der Waals surface area contributed by atoms with E-state index in [4.69, 9.17) is 21.8 Å². The number of hydrogen-bond acceptors (Lipinski definition) is 4. The smallest absolute Gasteiger partial charge is 0.0558 e. The van der Waals surface area contributed by atoms with Crippen molar-refractivity contribution in [1.82, 2.24) is 10.2 Å². The molecule has 0 aliphatic rings. The summed E-state index contributed by atoms with van der Waals surface area (Å²) in [7, 11) is 1.93. The van der Waals surface area contributed by atoms with Crippen LogP contribution in [0.25, 0.3) is 0 Å². The Morgan fingerprint density at radius 3 is 2.16 bits per heavy atom. The van der Waals surface area contributed by atoms with Crippen molar-refractivity contribution in [3.05, 3.63) is 34.9 Å². The lowest BCUT2D eigenvalue weighted by Gasteiger charge is -2.24. The Bertz CT molecular complexity index is 340. The fourth-order valence-electron chi connectivity index (χ4n) is 2.10. The monoisotopic (exact) mass is 286 g/mol. The van der Waals surface area contributed by atoms with Crippen LogP contribution in [-0.2, 0) is 0 Å². The van der Waals surface area contributed by atoms with Gasteiger partial charge in [-0.05, 0) is 31.2 Å². The van der Waals surface area contributed by atoms with Gasteiger partial charge < -0.3 is 15.5 Å². The standard InChI is InChI=1S/C14H23ClN2O2/c1-16-14(12-2-4-13(15)5-3-12)6-7-17(8-10-18)9-11-19/h2-5,14,16,18-19H,6-11H2,1H3. The first-order valence-corrected chi connectivity index (χ1v) is 6.96. The summed E-state index contributed by atoms with van der Waals surface area (Å²) in [5.74, 6) is 0. The SMILES string of the molecule is CNC(CCN(CCO)CCO)c1ccc(Cl)cc1. The van der Waals surface area contributed by atoms with Crippen LogP contribution in [0.2, 0.25) is 5.02 Å². The van der Waals surface area contributed by atoms with E-state index >= 15 is 0 Å². The van der Waals surface area contributed by atoms with Crippen LogP contribution in [0.1, 0.15) is 18.0 Å². The Labute approximate surface area is 120 Å². The highest BCUT2D eigenvalue weighted by Gasteiger charge is 2.11. The maximum absolute atomic E-state index is 8.98. The average Bonchev–Trinajstić information content (AvgIpc) is 2.41. The minimum atomic E-state index is 0.116. The van der Waals surface area contributed by atoms with Crippen molar-refractivity contribution in [2.75, 3.05) is 39.9 Å². The van der Waals surface area contributed by atoms with Gasteiger partial charge in [0.15, 0.2) is 0 Å². The highest BCUT2D eigenvalue weighted by molar-refractivity contribution is 6.30. The van der Waals surface area contributed by atoms with Crippen LogP contribution in [0.5, 0.6) is 0 Å². The summed E-state index contributed by atoms with van der Waals surface area (Å²) in [4.78, 5) is 2.06. The third-order valence-electron chi connectivity index (χ3n) is 3.19. The first-order valence-electron chi connectivity index (χ1n) is 6.58. The minimum absolute atomic E-state index is 0.116. The second-order valence-electron chi connectivity index (χ2n) is 4.47. The molecule has 19 heavy (non-hydrogen) atoms. The van der Waals surface area contributed by atoms with Gasteiger partial charge in [-0.2, -0.15) is 0 Å². The van der Waals surface area contributed by atoms with Gasteiger partial charge in [0.25, 0.3) is 0 Å². The van der Waals surface area contributed by atoms with Gasteiger partial charge in [0.2, 0.25) is 0 Å². The van der Waals surface area contributed by atoms with Gasteiger partial charge in [-0.3, -0.25) is 4.90 Å². The first-order chi connectivity index (χ1) is 9.21. The van der Waals surface area contributed by atoms with E-state index in [1.54, 1.807) is 0 Å². The summed E-state index contributed by atoms with van der Waals surface area (Å²) in [6.45, 7) is 2.25. The molecule has 1 aromatic rings. The van der Waals surface area contributed by atoms with Crippen LogP contribution >= 0.6 is 11.6 Å². The van der Waals surface area contributed by atoms with Crippen molar-refractivity contribution in [2.45, 2.75) is 12.5 Å². The zero-order valence-electron chi connectivity index (χ0n) is 11.3. The zero-order chi connectivity index (χ0) is 14.1. The maximum Gasteiger partial charge on any atom is 0.0558 e. The third kappa shape index (κ3) is 5.89. The molecule has 1 rings (SSSR count). The summed E-state index contributed by atoms with van der Waals surface area (Å²) in [6.07, 6.45) is 0.915. The molecule has 0 aliphatic carbocycles. The van der Waals surface area contributed by atoms with Gasteiger partial charge in [0.1, 0.15) is 0 Å². The van der Waals surface area contributed by atoms with Gasteiger partial charge in [-0.15, -0.1) is 0 Å². The van der Waals surface area contributed by atoms with Gasteiger partial charge >= 0.3 is 0 Å². The largest absolute Gasteiger partial charge is 0.395 e. The van der Waals surface area contributed by atoms with E-state index in [0.29, 0.717) is 13.1 Å². The van der Waals surface area contributed by atoms with Crippen LogP contribution in [0, 0.1) is 0 Å². The Hall–Kier alpha value is -0.650. The molecular formula is C14H23ClN2O2. The lowest BCUT2D eigenvalue weighted by Crippen LogP contribution is -2.33. The van der Waals surface area contributed by atoms with E-state index in [1.165, 1.54) is 5.56 Å². The van der Waals surface area contributed by atoms with Crippen LogP contribution in [0.15, 0.2) is 24.3 Å². The molecule has 0 radical (unpaired) electrons. The Kier molecular flexibility index (Phi) is 8.02. The number of nitrogens with zero attached hydrogens (tertiary/aromatic N) is 1. The molecule has 0 aromatic heterocycles. The quantitative estimate of drug-likeness (QED) is 0.640. The molecule has 0 amide bonds. The average molecular weight is 287 g/mol. The number of benzene rings is 1. The summed E-state index contributed by atoms with van der Waals surface area (Å²) >= 11 is 5.89. The second kappa shape index (κ2) is 9.28. The van der Waals surface area contributed by atoms with Crippen LogP contribution in [-0.4, -0.2) is 55.0 Å². The van der Waals surface area contributed by atoms with Crippen molar-refractivity contribution in [3.8, 4) is 0 Å². The minimum Gasteiger partial charge on any atom is -0.395 e. The Balaban J connectivity index is 2.53. The van der Waals surface area contributed by atoms with Crippen LogP contribution < -0.4 is 5.32 Å². The van der Waals surface area contributed by atoms with E-state index in [2.05, 4.69) is 10.2 Å². The zero-order valence-corrected chi connectivity index (χ0v) is 12.1. The van der Waals surface area contributed by atoms with Crippen molar-refractivity contribution in [3.63, 3.8) is 0 Å². The summed E-state index contributed by atoms with van der Waals surface area (Å²) in [5.41, 5.74) is 1.19. The highest BCUT2D eigenvalue weighted by Crippen LogP contribution is 2.19. The molecule has 0 spiro atoms. The molecule has 1 atom stereocenters. The third-order valence-corrected chi connectivity index (χ3v) is 3.44. The van der Waals surface area contributed by atoms with E-state index in [1.807, 2.05) is 31.3 Å². The van der Waals surface area contributed by atoms with Gasteiger partial charge in [-0.1, -0.05) is 23.7 Å². The highest BCUT2D eigenvalue weighted by atomic mass is 35.5. The molecule has 0 bridgehead atoms. The number of aliphatic hydroxyl groups excluding tert-OH is 2. The Morgan fingerprint density at radius 1 is 1.11 bits per heavy atom. The molecule has 0 fully saturated rings. The molecule has 4 nitrogen and oxygen atoms in total. The number of aliphatic hydroxyl groups is 2. The molecule has 0 saturated carbocycles. The Morgan fingerprint density at radius 2 is 1.68 bits per heavy atom. The first kappa shape index (κ1) is 16.4. The van der Waals surface area contributed by atoms with Crippen molar-refractivity contribution >= 4 is 11.6 Å². The molecule has 1 unspecified atom stereocenters. The van der Waals surface area contributed by atoms with Crippen LogP contribution in [0.4, 0.5) is 0 Å². The fraction of sp³-hybridized carbons (Fsp3) is 0.571. The molecule has 0 aliphatic heterocycles. The van der Waals surface area contributed by atoms with E-state index in [0.717, 1.165) is 18.0 Å². The predicted octanol–water partition coefficient (Wildman–Crippen LogP) is 1.28. The van der Waals surface area contributed by atoms with Crippen molar-refractivity contribution in [2.24, 2.45) is 0 Å². The number of halogens is 1. The van der Waals surface area contributed by atoms with Gasteiger partial charge in [0.05, 0.1) is 13.2 Å². The number of rotatable bonds is 9. The van der Waals surface area contributed by atoms with Gasteiger partial charge in [0, 0.05) is 30.7 Å². The summed E-state index contributed by atoms with van der Waals surface area (Å²) in [5, 5.41) is 22.0. The fourth-order valence-corrected chi connectivity index (χ4v) is 2.23. The number of nitrogens with one attached hydrogen (secondary N) is 1. The molecular weight excluding hydrogens is 264 g/mol. The van der Waals surface area contributed by atoms with Crippen molar-refractivity contribution in [1.29, 1.82) is 0 Å². The summed E-state index contributed by atoms with van der Waals surface area (Å²) in [6, 6.07) is 8.07. The van der Waals surface area contributed by atoms with Crippen molar-refractivity contribution < 1.29 is 10.2 Å². The molecule has 108 valence electrons.